The Labute approximate surface area is 286 Å². The molecule has 1 spiro atoms. The van der Waals surface area contributed by atoms with Crippen LogP contribution in [-0.2, 0) is 26.1 Å². The Morgan fingerprint density at radius 2 is 1.86 bits per heavy atom. The van der Waals surface area contributed by atoms with Crippen molar-refractivity contribution < 1.29 is 32.9 Å². The molecular formula is C35H44N6O7S. The summed E-state index contributed by atoms with van der Waals surface area (Å²) in [6.45, 7) is 10.6. The van der Waals surface area contributed by atoms with E-state index in [-0.39, 0.29) is 30.5 Å². The highest BCUT2D eigenvalue weighted by molar-refractivity contribution is 7.89. The quantitative estimate of drug-likeness (QED) is 0.204. The number of benzene rings is 1. The number of hydrogen-bond donors (Lipinski definition) is 3. The maximum Gasteiger partial charge on any atom is 0.310 e. The van der Waals surface area contributed by atoms with Crippen molar-refractivity contribution in [3.8, 4) is 5.88 Å². The summed E-state index contributed by atoms with van der Waals surface area (Å²) in [5.74, 6) is -0.309. The normalized spacial score (nSPS) is 18.1. The number of carboxylic acid groups (broad SMARTS) is 1. The van der Waals surface area contributed by atoms with Crippen LogP contribution in [-0.4, -0.2) is 87.0 Å². The van der Waals surface area contributed by atoms with Crippen molar-refractivity contribution in [1.82, 2.24) is 23.9 Å². The van der Waals surface area contributed by atoms with Gasteiger partial charge in [-0.2, -0.15) is 9.29 Å². The van der Waals surface area contributed by atoms with Gasteiger partial charge < -0.3 is 25.0 Å². The number of nitrogens with zero attached hydrogens (tertiary/aromatic N) is 5. The molecule has 0 aliphatic carbocycles. The highest BCUT2D eigenvalue weighted by atomic mass is 32.2. The zero-order valence-electron chi connectivity index (χ0n) is 28.6. The van der Waals surface area contributed by atoms with Gasteiger partial charge in [0, 0.05) is 44.7 Å². The lowest BCUT2D eigenvalue weighted by atomic mass is 9.70. The highest BCUT2D eigenvalue weighted by Gasteiger charge is 2.46. The van der Waals surface area contributed by atoms with Gasteiger partial charge in [-0.3, -0.25) is 9.20 Å². The van der Waals surface area contributed by atoms with Gasteiger partial charge in [0.2, 0.25) is 15.9 Å². The van der Waals surface area contributed by atoms with Gasteiger partial charge in [-0.15, -0.1) is 10.2 Å². The van der Waals surface area contributed by atoms with Crippen molar-refractivity contribution in [2.75, 3.05) is 38.2 Å². The molecule has 14 heteroatoms. The molecule has 1 fully saturated rings. The van der Waals surface area contributed by atoms with E-state index < -0.39 is 32.9 Å². The molecule has 1 saturated heterocycles. The molecule has 0 amide bonds. The lowest BCUT2D eigenvalue weighted by Crippen LogP contribution is -2.50. The number of carboxylic acids is 1. The van der Waals surface area contributed by atoms with Crippen molar-refractivity contribution in [2.45, 2.75) is 76.8 Å². The Bertz CT molecular complexity index is 1990. The van der Waals surface area contributed by atoms with Crippen molar-refractivity contribution in [2.24, 2.45) is 5.41 Å². The Morgan fingerprint density at radius 3 is 2.57 bits per heavy atom. The molecule has 3 aromatic heterocycles. The first-order valence-corrected chi connectivity index (χ1v) is 18.0. The van der Waals surface area contributed by atoms with E-state index in [0.29, 0.717) is 50.5 Å². The zero-order chi connectivity index (χ0) is 35.1. The molecular weight excluding hydrogens is 648 g/mol. The van der Waals surface area contributed by atoms with Crippen molar-refractivity contribution in [1.29, 1.82) is 0 Å². The second kappa shape index (κ2) is 13.3. The number of pyridine rings is 2. The van der Waals surface area contributed by atoms with Gasteiger partial charge >= 0.3 is 5.97 Å². The molecule has 6 rings (SSSR count). The molecule has 0 radical (unpaired) electrons. The summed E-state index contributed by atoms with van der Waals surface area (Å²) in [5, 5.41) is 31.3. The Balaban J connectivity index is 1.43. The number of carbonyl (C=O) groups is 1. The summed E-state index contributed by atoms with van der Waals surface area (Å²) >= 11 is 0. The molecule has 5 heterocycles. The maximum absolute atomic E-state index is 14.4. The lowest BCUT2D eigenvalue weighted by Gasteiger charge is -2.38. The van der Waals surface area contributed by atoms with Gasteiger partial charge in [0.1, 0.15) is 22.1 Å². The topological polar surface area (TPSA) is 168 Å². The minimum Gasteiger partial charge on any atom is -0.481 e. The van der Waals surface area contributed by atoms with E-state index in [2.05, 4.69) is 20.5 Å². The molecule has 49 heavy (non-hydrogen) atoms. The SMILES string of the molecule is Cc1ccc(C(c2ccn3c(C)nnc3c2C)C(C)(C)C(=O)O)cc1CN1CC2(CCOCC2)Oc2nc(NCCCO)ccc2S1(=O)=O. The molecule has 2 aliphatic heterocycles. The van der Waals surface area contributed by atoms with Crippen LogP contribution in [0, 0.1) is 26.2 Å². The Kier molecular flexibility index (Phi) is 9.44. The van der Waals surface area contributed by atoms with E-state index in [1.165, 1.54) is 10.4 Å². The van der Waals surface area contributed by atoms with Crippen LogP contribution in [0.2, 0.25) is 0 Å². The molecule has 13 nitrogen and oxygen atoms in total. The number of aromatic nitrogens is 4. The van der Waals surface area contributed by atoms with Gasteiger partial charge in [0.15, 0.2) is 5.65 Å². The van der Waals surface area contributed by atoms with Crippen LogP contribution in [0.4, 0.5) is 5.82 Å². The van der Waals surface area contributed by atoms with Gasteiger partial charge in [-0.05, 0) is 87.1 Å². The second-order valence-corrected chi connectivity index (χ2v) is 15.6. The molecule has 1 aromatic carbocycles. The summed E-state index contributed by atoms with van der Waals surface area (Å²) in [6, 6.07) is 10.8. The average Bonchev–Trinajstić information content (AvgIpc) is 3.41. The molecule has 0 saturated carbocycles. The predicted octanol–water partition coefficient (Wildman–Crippen LogP) is 4.22. The third-order valence-corrected chi connectivity index (χ3v) is 11.7. The number of aliphatic carboxylic acids is 1. The lowest BCUT2D eigenvalue weighted by molar-refractivity contribution is -0.147. The first-order chi connectivity index (χ1) is 23.3. The molecule has 3 N–H and O–H groups in total. The number of aliphatic hydroxyl groups is 1. The van der Waals surface area contributed by atoms with Crippen LogP contribution in [0.3, 0.4) is 0 Å². The van der Waals surface area contributed by atoms with Crippen molar-refractivity contribution in [3.05, 3.63) is 76.2 Å². The molecule has 4 aromatic rings. The number of hydrogen-bond acceptors (Lipinski definition) is 10. The van der Waals surface area contributed by atoms with Crippen LogP contribution in [0.25, 0.3) is 5.65 Å². The van der Waals surface area contributed by atoms with Gasteiger partial charge in [0.25, 0.3) is 0 Å². The van der Waals surface area contributed by atoms with Gasteiger partial charge in [0.05, 0.1) is 25.2 Å². The third-order valence-electron chi connectivity index (χ3n) is 9.94. The molecule has 2 aliphatic rings. The maximum atomic E-state index is 14.4. The monoisotopic (exact) mass is 692 g/mol. The second-order valence-electron chi connectivity index (χ2n) is 13.7. The largest absolute Gasteiger partial charge is 0.481 e. The number of sulfonamides is 1. The Hall–Kier alpha value is -4.11. The van der Waals surface area contributed by atoms with E-state index in [4.69, 9.17) is 9.47 Å². The fourth-order valence-corrected chi connectivity index (χ4v) is 8.42. The minimum absolute atomic E-state index is 0.0187. The van der Waals surface area contributed by atoms with Gasteiger partial charge in [-0.25, -0.2) is 8.42 Å². The molecule has 1 atom stereocenters. The fourth-order valence-electron chi connectivity index (χ4n) is 6.88. The summed E-state index contributed by atoms with van der Waals surface area (Å²) in [7, 11) is -4.08. The summed E-state index contributed by atoms with van der Waals surface area (Å²) in [5.41, 5.74) is 2.59. The first-order valence-electron chi connectivity index (χ1n) is 16.5. The van der Waals surface area contributed by atoms with Crippen LogP contribution < -0.4 is 10.1 Å². The van der Waals surface area contributed by atoms with E-state index in [1.54, 1.807) is 19.9 Å². The van der Waals surface area contributed by atoms with Crippen molar-refractivity contribution in [3.63, 3.8) is 0 Å². The summed E-state index contributed by atoms with van der Waals surface area (Å²) < 4.78 is 44.4. The van der Waals surface area contributed by atoms with E-state index in [1.807, 2.05) is 55.6 Å². The van der Waals surface area contributed by atoms with Crippen molar-refractivity contribution >= 4 is 27.5 Å². The van der Waals surface area contributed by atoms with Crippen LogP contribution >= 0.6 is 0 Å². The molecule has 262 valence electrons. The number of rotatable bonds is 10. The number of anilines is 1. The third kappa shape index (κ3) is 6.50. The number of nitrogens with one attached hydrogen (secondary N) is 1. The number of aliphatic hydroxyl groups excluding tert-OH is 1. The van der Waals surface area contributed by atoms with E-state index in [9.17, 15) is 23.4 Å². The molecule has 0 bridgehead atoms. The summed E-state index contributed by atoms with van der Waals surface area (Å²) in [4.78, 5) is 17.3. The van der Waals surface area contributed by atoms with E-state index >= 15 is 0 Å². The highest BCUT2D eigenvalue weighted by Crippen LogP contribution is 2.44. The standard InChI is InChI=1S/C35H44N6O7S/c1-22-7-8-25(30(34(4,5)33(43)44)27-11-15-41-24(3)38-39-31(41)23(27)2)19-26(22)20-40-21-35(12-17-47-18-13-35)48-32-28(49(40,45)46)9-10-29(37-32)36-14-6-16-42/h7-11,15,19,30,42H,6,12-14,16-18,20-21H2,1-5H3,(H,36,37)(H,43,44). The fraction of sp³-hybridized carbons (Fsp3) is 0.486. The first kappa shape index (κ1) is 34.7. The summed E-state index contributed by atoms with van der Waals surface area (Å²) in [6.07, 6.45) is 3.35. The number of aryl methyl sites for hydroxylation is 3. The smallest absolute Gasteiger partial charge is 0.310 e. The van der Waals surface area contributed by atoms with Gasteiger partial charge in [-0.1, -0.05) is 18.2 Å². The predicted molar refractivity (Wildman–Crippen MR) is 182 cm³/mol. The average molecular weight is 693 g/mol. The van der Waals surface area contributed by atoms with E-state index in [0.717, 1.165) is 33.6 Å². The zero-order valence-corrected chi connectivity index (χ0v) is 29.4. The number of fused-ring (bicyclic) bond motifs is 2. The minimum atomic E-state index is -4.08. The molecule has 1 unspecified atom stereocenters. The number of ether oxygens (including phenoxy) is 2. The van der Waals surface area contributed by atoms with Crippen LogP contribution in [0.1, 0.15) is 72.7 Å². The van der Waals surface area contributed by atoms with Crippen LogP contribution in [0.5, 0.6) is 5.88 Å². The van der Waals surface area contributed by atoms with Crippen LogP contribution in [0.15, 0.2) is 47.5 Å². The Morgan fingerprint density at radius 1 is 1.10 bits per heavy atom.